The van der Waals surface area contributed by atoms with Crippen LogP contribution in [0.4, 0.5) is 8.78 Å². The van der Waals surface area contributed by atoms with Gasteiger partial charge >= 0.3 is 6.61 Å². The third-order valence-corrected chi connectivity index (χ3v) is 4.80. The molecule has 0 spiro atoms. The van der Waals surface area contributed by atoms with Gasteiger partial charge in [-0.05, 0) is 19.9 Å². The molecule has 0 amide bonds. The summed E-state index contributed by atoms with van der Waals surface area (Å²) in [5, 5.41) is 7.40. The fraction of sp³-hybridized carbons (Fsp3) is 0.444. The molecule has 0 saturated carbocycles. The number of aliphatic imine (C=N–C) groups is 1. The van der Waals surface area contributed by atoms with E-state index in [1.165, 1.54) is 10.9 Å². The Kier molecular flexibility index (Phi) is 9.14. The molecule has 2 N–H and O–H groups in total. The predicted molar refractivity (Wildman–Crippen MR) is 118 cm³/mol. The zero-order valence-electron chi connectivity index (χ0n) is 16.0. The number of fused-ring (bicyclic) bond motifs is 1. The molecular formula is C18H23F2IN4O3S. The lowest BCUT2D eigenvalue weighted by Crippen LogP contribution is -2.38. The van der Waals surface area contributed by atoms with Crippen LogP contribution in [0.1, 0.15) is 22.4 Å². The molecule has 0 bridgehead atoms. The van der Waals surface area contributed by atoms with Gasteiger partial charge in [-0.3, -0.25) is 0 Å². The summed E-state index contributed by atoms with van der Waals surface area (Å²) in [5.41, 5.74) is 0.484. The lowest BCUT2D eigenvalue weighted by atomic mass is 10.1. The quantitative estimate of drug-likeness (QED) is 0.302. The van der Waals surface area contributed by atoms with Crippen molar-refractivity contribution in [3.8, 4) is 17.2 Å². The van der Waals surface area contributed by atoms with Crippen molar-refractivity contribution < 1.29 is 23.0 Å². The van der Waals surface area contributed by atoms with Gasteiger partial charge in [-0.25, -0.2) is 9.98 Å². The van der Waals surface area contributed by atoms with Crippen molar-refractivity contribution in [1.82, 2.24) is 15.6 Å². The first-order chi connectivity index (χ1) is 13.5. The Hall–Kier alpha value is -1.89. The van der Waals surface area contributed by atoms with Crippen LogP contribution < -0.4 is 24.8 Å². The highest BCUT2D eigenvalue weighted by Gasteiger charge is 2.20. The first-order valence-corrected chi connectivity index (χ1v) is 9.67. The summed E-state index contributed by atoms with van der Waals surface area (Å²) in [5.74, 6) is 1.48. The average Bonchev–Trinajstić information content (AvgIpc) is 3.27. The van der Waals surface area contributed by atoms with E-state index in [4.69, 9.17) is 9.47 Å². The van der Waals surface area contributed by atoms with Crippen molar-refractivity contribution in [2.45, 2.75) is 33.4 Å². The van der Waals surface area contributed by atoms with E-state index in [1.54, 1.807) is 17.4 Å². The number of alkyl halides is 2. The van der Waals surface area contributed by atoms with Gasteiger partial charge in [0.2, 0.25) is 6.79 Å². The summed E-state index contributed by atoms with van der Waals surface area (Å²) in [6.07, 6.45) is 2.62. The first kappa shape index (κ1) is 23.4. The fourth-order valence-corrected chi connectivity index (χ4v) is 3.39. The minimum Gasteiger partial charge on any atom is -0.454 e. The molecule has 3 rings (SSSR count). The number of hydrogen-bond acceptors (Lipinski definition) is 6. The average molecular weight is 540 g/mol. The molecule has 0 atom stereocenters. The molecule has 0 radical (unpaired) electrons. The number of aromatic nitrogens is 1. The maximum Gasteiger partial charge on any atom is 0.387 e. The third kappa shape index (κ3) is 6.84. The van der Waals surface area contributed by atoms with Gasteiger partial charge in [-0.2, -0.15) is 8.78 Å². The standard InChI is InChI=1S/C18H22F2N4O3S.HI/c1-3-21-18(22-5-4-16-23-8-11(2)28-16)24-9-12-6-14-15(26-10-25-14)7-13(12)27-17(19)20;/h6-8,17H,3-5,9-10H2,1-2H3,(H2,21,22,24);1H. The van der Waals surface area contributed by atoms with Gasteiger partial charge in [0.25, 0.3) is 0 Å². The highest BCUT2D eigenvalue weighted by Crippen LogP contribution is 2.39. The Morgan fingerprint density at radius 1 is 1.31 bits per heavy atom. The Bertz CT molecular complexity index is 835. The number of aryl methyl sites for hydroxylation is 1. The van der Waals surface area contributed by atoms with E-state index >= 15 is 0 Å². The van der Waals surface area contributed by atoms with Crippen LogP contribution in [-0.4, -0.2) is 37.4 Å². The Morgan fingerprint density at radius 3 is 2.72 bits per heavy atom. The molecule has 1 aromatic heterocycles. The maximum atomic E-state index is 12.7. The SMILES string of the molecule is CCNC(=NCc1cc2c(cc1OC(F)F)OCO2)NCCc1ncc(C)s1.I. The molecule has 1 aliphatic rings. The molecule has 2 heterocycles. The number of ether oxygens (including phenoxy) is 3. The second-order valence-electron chi connectivity index (χ2n) is 5.93. The molecular weight excluding hydrogens is 517 g/mol. The molecule has 0 saturated heterocycles. The summed E-state index contributed by atoms with van der Waals surface area (Å²) in [4.78, 5) is 9.97. The summed E-state index contributed by atoms with van der Waals surface area (Å²) in [6, 6.07) is 3.02. The van der Waals surface area contributed by atoms with Gasteiger partial charge in [0.1, 0.15) is 5.75 Å². The number of nitrogens with zero attached hydrogens (tertiary/aromatic N) is 2. The largest absolute Gasteiger partial charge is 0.454 e. The zero-order valence-corrected chi connectivity index (χ0v) is 19.2. The number of halogens is 3. The molecule has 0 unspecified atom stereocenters. The van der Waals surface area contributed by atoms with Gasteiger partial charge < -0.3 is 24.8 Å². The van der Waals surface area contributed by atoms with E-state index in [2.05, 4.69) is 25.3 Å². The predicted octanol–water partition coefficient (Wildman–Crippen LogP) is 3.70. The number of benzene rings is 1. The second kappa shape index (κ2) is 11.3. The molecule has 1 aliphatic heterocycles. The normalized spacial score (nSPS) is 12.7. The van der Waals surface area contributed by atoms with Crippen LogP contribution in [0.3, 0.4) is 0 Å². The van der Waals surface area contributed by atoms with Gasteiger partial charge in [0.05, 0.1) is 11.6 Å². The lowest BCUT2D eigenvalue weighted by Gasteiger charge is -2.13. The van der Waals surface area contributed by atoms with E-state index in [-0.39, 0.29) is 43.1 Å². The fourth-order valence-electron chi connectivity index (χ4n) is 2.61. The highest BCUT2D eigenvalue weighted by molar-refractivity contribution is 14.0. The van der Waals surface area contributed by atoms with Crippen LogP contribution in [0, 0.1) is 6.92 Å². The minimum absolute atomic E-state index is 0. The van der Waals surface area contributed by atoms with Crippen LogP contribution in [0.25, 0.3) is 0 Å². The number of rotatable bonds is 8. The topological polar surface area (TPSA) is 77.0 Å². The summed E-state index contributed by atoms with van der Waals surface area (Å²) in [6.45, 7) is 2.55. The first-order valence-electron chi connectivity index (χ1n) is 8.86. The Labute approximate surface area is 188 Å². The van der Waals surface area contributed by atoms with Crippen molar-refractivity contribution in [3.63, 3.8) is 0 Å². The van der Waals surface area contributed by atoms with Gasteiger partial charge in [-0.1, -0.05) is 0 Å². The van der Waals surface area contributed by atoms with Crippen LogP contribution in [0.2, 0.25) is 0 Å². The minimum atomic E-state index is -2.93. The summed E-state index contributed by atoms with van der Waals surface area (Å²) < 4.78 is 40.6. The molecule has 1 aromatic carbocycles. The smallest absolute Gasteiger partial charge is 0.387 e. The number of guanidine groups is 1. The molecule has 0 fully saturated rings. The van der Waals surface area contributed by atoms with Crippen LogP contribution in [0.5, 0.6) is 17.2 Å². The van der Waals surface area contributed by atoms with Crippen molar-refractivity contribution in [1.29, 1.82) is 0 Å². The molecule has 11 heteroatoms. The molecule has 7 nitrogen and oxygen atoms in total. The van der Waals surface area contributed by atoms with Crippen molar-refractivity contribution in [2.75, 3.05) is 19.9 Å². The molecule has 160 valence electrons. The lowest BCUT2D eigenvalue weighted by molar-refractivity contribution is -0.0505. The molecule has 0 aliphatic carbocycles. The van der Waals surface area contributed by atoms with Gasteiger partial charge in [-0.15, -0.1) is 35.3 Å². The molecule has 29 heavy (non-hydrogen) atoms. The Morgan fingerprint density at radius 2 is 2.07 bits per heavy atom. The monoisotopic (exact) mass is 540 g/mol. The van der Waals surface area contributed by atoms with Gasteiger partial charge in [0.15, 0.2) is 17.5 Å². The molecule has 2 aromatic rings. The van der Waals surface area contributed by atoms with E-state index in [9.17, 15) is 8.78 Å². The van der Waals surface area contributed by atoms with E-state index < -0.39 is 6.61 Å². The van der Waals surface area contributed by atoms with E-state index in [0.29, 0.717) is 36.1 Å². The Balaban J connectivity index is 0.00000300. The van der Waals surface area contributed by atoms with Crippen LogP contribution in [-0.2, 0) is 13.0 Å². The number of nitrogens with one attached hydrogen (secondary N) is 2. The third-order valence-electron chi connectivity index (χ3n) is 3.82. The van der Waals surface area contributed by atoms with E-state index in [0.717, 1.165) is 11.4 Å². The van der Waals surface area contributed by atoms with Crippen molar-refractivity contribution >= 4 is 41.3 Å². The summed E-state index contributed by atoms with van der Waals surface area (Å²) >= 11 is 1.66. The maximum absolute atomic E-state index is 12.7. The second-order valence-corrected chi connectivity index (χ2v) is 7.25. The number of hydrogen-bond donors (Lipinski definition) is 2. The van der Waals surface area contributed by atoms with E-state index in [1.807, 2.05) is 20.0 Å². The zero-order chi connectivity index (χ0) is 19.9. The van der Waals surface area contributed by atoms with Crippen molar-refractivity contribution in [3.05, 3.63) is 33.8 Å². The van der Waals surface area contributed by atoms with Crippen LogP contribution >= 0.6 is 35.3 Å². The van der Waals surface area contributed by atoms with Crippen LogP contribution in [0.15, 0.2) is 23.3 Å². The van der Waals surface area contributed by atoms with Crippen molar-refractivity contribution in [2.24, 2.45) is 4.99 Å². The number of thiazole rings is 1. The summed E-state index contributed by atoms with van der Waals surface area (Å²) in [7, 11) is 0. The highest BCUT2D eigenvalue weighted by atomic mass is 127. The van der Waals surface area contributed by atoms with Gasteiger partial charge in [0, 0.05) is 42.2 Å².